The van der Waals surface area contributed by atoms with E-state index >= 15 is 0 Å². The van der Waals surface area contributed by atoms with Crippen molar-refractivity contribution in [1.82, 2.24) is 19.9 Å². The van der Waals surface area contributed by atoms with E-state index in [-0.39, 0.29) is 17.5 Å². The Hall–Kier alpha value is -2.82. The van der Waals surface area contributed by atoms with E-state index < -0.39 is 17.4 Å². The van der Waals surface area contributed by atoms with Crippen molar-refractivity contribution < 1.29 is 23.4 Å². The predicted octanol–water partition coefficient (Wildman–Crippen LogP) is 4.54. The molecule has 1 aromatic carbocycles. The Labute approximate surface area is 217 Å². The van der Waals surface area contributed by atoms with Crippen LogP contribution in [0.2, 0.25) is 5.02 Å². The molecule has 1 amide bonds. The molecule has 11 heteroatoms. The van der Waals surface area contributed by atoms with Crippen molar-refractivity contribution in [2.24, 2.45) is 0 Å². The number of nitrogens with zero attached hydrogens (tertiary/aromatic N) is 3. The quantitative estimate of drug-likeness (QED) is 0.431. The zero-order valence-electron chi connectivity index (χ0n) is 20.4. The summed E-state index contributed by atoms with van der Waals surface area (Å²) in [4.78, 5) is 26.8. The lowest BCUT2D eigenvalue weighted by Crippen LogP contribution is -2.47. The van der Waals surface area contributed by atoms with Crippen LogP contribution in [0.1, 0.15) is 62.0 Å². The smallest absolute Gasteiger partial charge is 0.280 e. The molecule has 0 radical (unpaired) electrons. The fourth-order valence-corrected chi connectivity index (χ4v) is 6.19. The number of aliphatic hydroxyl groups is 1. The number of imidazole rings is 1. The van der Waals surface area contributed by atoms with Crippen LogP contribution in [0.4, 0.5) is 14.5 Å². The van der Waals surface area contributed by atoms with Gasteiger partial charge in [0.05, 0.1) is 39.0 Å². The number of hydrogen-bond donors (Lipinski definition) is 3. The molecule has 2 fully saturated rings. The second-order valence-corrected chi connectivity index (χ2v) is 11.1. The van der Waals surface area contributed by atoms with Crippen molar-refractivity contribution in [3.05, 3.63) is 46.5 Å². The highest BCUT2D eigenvalue weighted by atomic mass is 35.5. The third-order valence-electron chi connectivity index (χ3n) is 8.03. The first-order valence-electron chi connectivity index (χ1n) is 12.5. The molecule has 1 saturated heterocycles. The maximum Gasteiger partial charge on any atom is 0.280 e. The molecule has 196 valence electrons. The molecule has 37 heavy (non-hydrogen) atoms. The van der Waals surface area contributed by atoms with Crippen molar-refractivity contribution >= 4 is 34.2 Å². The molecule has 2 aromatic heterocycles. The van der Waals surface area contributed by atoms with Gasteiger partial charge in [-0.3, -0.25) is 14.7 Å². The van der Waals surface area contributed by atoms with Gasteiger partial charge in [0.2, 0.25) is 5.91 Å². The van der Waals surface area contributed by atoms with Gasteiger partial charge in [-0.2, -0.15) is 0 Å². The van der Waals surface area contributed by atoms with Crippen molar-refractivity contribution in [3.63, 3.8) is 0 Å². The van der Waals surface area contributed by atoms with Gasteiger partial charge in [0.25, 0.3) is 6.43 Å². The number of amides is 1. The average molecular weight is 532 g/mol. The Morgan fingerprint density at radius 3 is 2.73 bits per heavy atom. The van der Waals surface area contributed by atoms with Crippen LogP contribution in [0.5, 0.6) is 5.75 Å². The number of benzene rings is 1. The summed E-state index contributed by atoms with van der Waals surface area (Å²) in [5.74, 6) is 1.51. The second kappa shape index (κ2) is 8.89. The number of aromatic amines is 1. The molecule has 0 unspecified atom stereocenters. The minimum absolute atomic E-state index is 0.140. The normalized spacial score (nSPS) is 24.9. The largest absolute Gasteiger partial charge is 0.492 e. The maximum absolute atomic E-state index is 13.2. The number of aromatic nitrogens is 3. The zero-order valence-corrected chi connectivity index (χ0v) is 21.1. The SMILES string of the molecule is CC1(O)CC(c2nc3cc(OCCN4CCC5(CC4)C(=O)Nc4cnc(C(F)F)cc45)cc(Cl)c3[nH]2)C1. The molecule has 6 rings (SSSR count). The highest BCUT2D eigenvalue weighted by Crippen LogP contribution is 2.46. The number of fused-ring (bicyclic) bond motifs is 3. The van der Waals surface area contributed by atoms with Gasteiger partial charge in [-0.1, -0.05) is 11.6 Å². The van der Waals surface area contributed by atoms with E-state index in [4.69, 9.17) is 16.3 Å². The van der Waals surface area contributed by atoms with Crippen LogP contribution in [0.15, 0.2) is 24.4 Å². The number of nitrogens with one attached hydrogen (secondary N) is 2. The molecule has 1 saturated carbocycles. The van der Waals surface area contributed by atoms with Gasteiger partial charge < -0.3 is 20.1 Å². The fraction of sp³-hybridized carbons (Fsp3) is 0.500. The van der Waals surface area contributed by atoms with E-state index in [1.54, 1.807) is 6.07 Å². The lowest BCUT2D eigenvalue weighted by atomic mass is 9.72. The monoisotopic (exact) mass is 531 g/mol. The Kier molecular flexibility index (Phi) is 5.89. The van der Waals surface area contributed by atoms with E-state index in [1.807, 2.05) is 13.0 Å². The van der Waals surface area contributed by atoms with Crippen LogP contribution >= 0.6 is 11.6 Å². The summed E-state index contributed by atoms with van der Waals surface area (Å²) in [6.07, 6.45) is 1.08. The molecule has 3 aliphatic rings. The van der Waals surface area contributed by atoms with Crippen LogP contribution in [-0.2, 0) is 10.2 Å². The van der Waals surface area contributed by atoms with Crippen LogP contribution < -0.4 is 10.1 Å². The summed E-state index contributed by atoms with van der Waals surface area (Å²) < 4.78 is 32.4. The van der Waals surface area contributed by atoms with Gasteiger partial charge >= 0.3 is 0 Å². The lowest BCUT2D eigenvalue weighted by Gasteiger charge is -2.39. The summed E-state index contributed by atoms with van der Waals surface area (Å²) in [5.41, 5.74) is 0.929. The highest BCUT2D eigenvalue weighted by molar-refractivity contribution is 6.35. The Balaban J connectivity index is 1.07. The number of pyridine rings is 1. The second-order valence-electron chi connectivity index (χ2n) is 10.7. The Morgan fingerprint density at radius 2 is 2.03 bits per heavy atom. The minimum atomic E-state index is -2.68. The first kappa shape index (κ1) is 24.5. The number of likely N-dealkylation sites (tertiary alicyclic amines) is 1. The summed E-state index contributed by atoms with van der Waals surface area (Å²) in [5, 5.41) is 13.4. The molecular weight excluding hydrogens is 504 g/mol. The lowest BCUT2D eigenvalue weighted by molar-refractivity contribution is -0.122. The summed E-state index contributed by atoms with van der Waals surface area (Å²) in [6.45, 7) is 4.21. The molecule has 1 spiro atoms. The molecule has 3 aromatic rings. The molecule has 8 nitrogen and oxygen atoms in total. The maximum atomic E-state index is 13.2. The molecule has 0 bridgehead atoms. The van der Waals surface area contributed by atoms with Crippen LogP contribution in [0, 0.1) is 0 Å². The Bertz CT molecular complexity index is 1360. The van der Waals surface area contributed by atoms with Gasteiger partial charge in [0, 0.05) is 24.6 Å². The van der Waals surface area contributed by atoms with Gasteiger partial charge in [-0.05, 0) is 57.3 Å². The number of ether oxygens (including phenoxy) is 1. The standard InChI is InChI=1S/C26H28ClF2N5O3/c1-25(36)11-14(12-25)23-31-18-9-15(8-17(27)21(18)33-23)37-7-6-34-4-2-26(3-5-34)16-10-19(22(28)29)30-13-20(16)32-24(26)35/h8-10,13-14,22,36H,2-7,11-12H2,1H3,(H,31,33)(H,32,35). The van der Waals surface area contributed by atoms with Gasteiger partial charge in [-0.15, -0.1) is 0 Å². The third-order valence-corrected chi connectivity index (χ3v) is 8.33. The Morgan fingerprint density at radius 1 is 1.27 bits per heavy atom. The molecule has 4 heterocycles. The summed E-state index contributed by atoms with van der Waals surface area (Å²) in [6, 6.07) is 5.00. The highest BCUT2D eigenvalue weighted by Gasteiger charge is 2.49. The average Bonchev–Trinajstić information content (AvgIpc) is 3.38. The molecule has 3 N–H and O–H groups in total. The first-order valence-corrected chi connectivity index (χ1v) is 12.9. The molecule has 1 aliphatic carbocycles. The number of carbonyl (C=O) groups is 1. The third kappa shape index (κ3) is 4.34. The number of halogens is 3. The molecule has 2 aliphatic heterocycles. The minimum Gasteiger partial charge on any atom is -0.492 e. The van der Waals surface area contributed by atoms with E-state index in [1.165, 1.54) is 12.3 Å². The first-order chi connectivity index (χ1) is 17.6. The van der Waals surface area contributed by atoms with Crippen molar-refractivity contribution in [2.45, 2.75) is 56.0 Å². The zero-order chi connectivity index (χ0) is 25.9. The van der Waals surface area contributed by atoms with Crippen molar-refractivity contribution in [1.29, 1.82) is 0 Å². The topological polar surface area (TPSA) is 103 Å². The fourth-order valence-electron chi connectivity index (χ4n) is 5.94. The number of hydrogen-bond acceptors (Lipinski definition) is 6. The van der Waals surface area contributed by atoms with E-state index in [9.17, 15) is 18.7 Å². The number of alkyl halides is 2. The van der Waals surface area contributed by atoms with Crippen molar-refractivity contribution in [2.75, 3.05) is 31.6 Å². The number of piperidine rings is 1. The summed E-state index contributed by atoms with van der Waals surface area (Å²) in [7, 11) is 0. The number of anilines is 1. The number of H-pyrrole nitrogens is 1. The van der Waals surface area contributed by atoms with E-state index in [2.05, 4.69) is 25.2 Å². The molecule has 0 atom stereocenters. The van der Waals surface area contributed by atoms with Gasteiger partial charge in [-0.25, -0.2) is 13.8 Å². The summed E-state index contributed by atoms with van der Waals surface area (Å²) >= 11 is 6.48. The van der Waals surface area contributed by atoms with Crippen molar-refractivity contribution in [3.8, 4) is 5.75 Å². The van der Waals surface area contributed by atoms with Crippen LogP contribution in [0.25, 0.3) is 11.0 Å². The number of carbonyl (C=O) groups excluding carboxylic acids is 1. The van der Waals surface area contributed by atoms with Gasteiger partial charge in [0.1, 0.15) is 23.9 Å². The van der Waals surface area contributed by atoms with Crippen LogP contribution in [0.3, 0.4) is 0 Å². The van der Waals surface area contributed by atoms with Gasteiger partial charge in [0.15, 0.2) is 0 Å². The molecular formula is C26H28ClF2N5O3. The predicted molar refractivity (Wildman–Crippen MR) is 134 cm³/mol. The van der Waals surface area contributed by atoms with Crippen LogP contribution in [-0.4, -0.2) is 62.7 Å². The van der Waals surface area contributed by atoms with E-state index in [0.29, 0.717) is 73.9 Å². The number of rotatable bonds is 6. The van der Waals surface area contributed by atoms with E-state index in [0.717, 1.165) is 16.9 Å².